The van der Waals surface area contributed by atoms with Crippen LogP contribution in [0.2, 0.25) is 0 Å². The molecule has 0 unspecified atom stereocenters. The highest BCUT2D eigenvalue weighted by atomic mass is 16.3. The molecular weight excluding hydrogens is 380 g/mol. The van der Waals surface area contributed by atoms with Gasteiger partial charge in [-0.15, -0.1) is 0 Å². The van der Waals surface area contributed by atoms with E-state index in [4.69, 9.17) is 4.42 Å². The number of fused-ring (bicyclic) bond motifs is 1. The maximum Gasteiger partial charge on any atom is 0.289 e. The topological polar surface area (TPSA) is 72.0 Å². The number of carbonyl (C=O) groups excluding carboxylic acids is 3. The monoisotopic (exact) mass is 401 g/mol. The van der Waals surface area contributed by atoms with Gasteiger partial charge >= 0.3 is 0 Å². The van der Waals surface area contributed by atoms with Gasteiger partial charge in [0.15, 0.2) is 5.76 Å². The molecule has 0 radical (unpaired) electrons. The molecule has 3 aromatic rings. The molecule has 0 atom stereocenters. The minimum atomic E-state index is -1.30. The first kappa shape index (κ1) is 18.5. The van der Waals surface area contributed by atoms with Gasteiger partial charge in [-0.05, 0) is 12.1 Å². The lowest BCUT2D eigenvalue weighted by atomic mass is 9.82. The van der Waals surface area contributed by atoms with Crippen LogP contribution in [-0.2, 0) is 5.54 Å². The zero-order valence-electron chi connectivity index (χ0n) is 16.3. The van der Waals surface area contributed by atoms with Gasteiger partial charge in [0.1, 0.15) is 0 Å². The van der Waals surface area contributed by atoms with Crippen molar-refractivity contribution in [2.75, 3.05) is 26.2 Å². The van der Waals surface area contributed by atoms with E-state index in [1.807, 2.05) is 30.3 Å². The van der Waals surface area contributed by atoms with Crippen molar-refractivity contribution in [2.45, 2.75) is 5.54 Å². The number of amides is 1. The highest BCUT2D eigenvalue weighted by Crippen LogP contribution is 2.35. The van der Waals surface area contributed by atoms with E-state index < -0.39 is 5.54 Å². The summed E-state index contributed by atoms with van der Waals surface area (Å²) in [5.41, 5.74) is 0.364. The number of carbonyl (C=O) groups is 3. The summed E-state index contributed by atoms with van der Waals surface area (Å²) in [6.45, 7) is 1.88. The second-order valence-electron chi connectivity index (χ2n) is 7.69. The molecular formula is C24H21N2O4+. The normalized spacial score (nSPS) is 18.5. The van der Waals surface area contributed by atoms with E-state index in [2.05, 4.69) is 0 Å². The summed E-state index contributed by atoms with van der Waals surface area (Å²) < 4.78 is 5.23. The number of rotatable bonds is 3. The van der Waals surface area contributed by atoms with Crippen molar-refractivity contribution in [1.82, 2.24) is 4.90 Å². The number of benzene rings is 2. The SMILES string of the molecule is O=C(c1ccco1)N1CC[NH+](C2(c3ccccc3)C(=O)c3ccccc3C2=O)CC1. The van der Waals surface area contributed by atoms with Crippen LogP contribution in [0, 0.1) is 0 Å². The maximum atomic E-state index is 13.7. The molecule has 1 aliphatic heterocycles. The van der Waals surface area contributed by atoms with Gasteiger partial charge in [-0.1, -0.05) is 54.6 Å². The van der Waals surface area contributed by atoms with Crippen LogP contribution in [-0.4, -0.2) is 48.6 Å². The third-order valence-corrected chi connectivity index (χ3v) is 6.22. The molecule has 150 valence electrons. The average molecular weight is 401 g/mol. The molecule has 2 aliphatic rings. The molecule has 0 saturated carbocycles. The first-order valence-electron chi connectivity index (χ1n) is 10.1. The van der Waals surface area contributed by atoms with E-state index in [0.717, 1.165) is 4.90 Å². The minimum absolute atomic E-state index is 0.157. The Morgan fingerprint density at radius 1 is 0.833 bits per heavy atom. The minimum Gasteiger partial charge on any atom is -0.459 e. The molecule has 5 rings (SSSR count). The molecule has 0 bridgehead atoms. The third kappa shape index (κ3) is 2.57. The number of piperazine rings is 1. The van der Waals surface area contributed by atoms with Crippen LogP contribution in [0.25, 0.3) is 0 Å². The molecule has 1 amide bonds. The van der Waals surface area contributed by atoms with Gasteiger partial charge in [0.2, 0.25) is 11.6 Å². The molecule has 30 heavy (non-hydrogen) atoms. The number of furan rings is 1. The van der Waals surface area contributed by atoms with Gasteiger partial charge in [0.05, 0.1) is 32.4 Å². The van der Waals surface area contributed by atoms with E-state index in [-0.39, 0.29) is 17.5 Å². The van der Waals surface area contributed by atoms with E-state index >= 15 is 0 Å². The van der Waals surface area contributed by atoms with Crippen molar-refractivity contribution in [3.8, 4) is 0 Å². The Morgan fingerprint density at radius 3 is 2.00 bits per heavy atom. The van der Waals surface area contributed by atoms with Gasteiger partial charge in [0, 0.05) is 16.7 Å². The van der Waals surface area contributed by atoms with Crippen molar-refractivity contribution in [2.24, 2.45) is 0 Å². The zero-order valence-corrected chi connectivity index (χ0v) is 16.3. The first-order chi connectivity index (χ1) is 14.6. The summed E-state index contributed by atoms with van der Waals surface area (Å²) >= 11 is 0. The Morgan fingerprint density at radius 2 is 1.43 bits per heavy atom. The van der Waals surface area contributed by atoms with Gasteiger partial charge in [-0.25, -0.2) is 0 Å². The lowest BCUT2D eigenvalue weighted by molar-refractivity contribution is -0.941. The number of nitrogens with zero attached hydrogens (tertiary/aromatic N) is 1. The second-order valence-corrected chi connectivity index (χ2v) is 7.69. The van der Waals surface area contributed by atoms with Gasteiger partial charge < -0.3 is 14.2 Å². The third-order valence-electron chi connectivity index (χ3n) is 6.22. The summed E-state index contributed by atoms with van der Waals surface area (Å²) in [6, 6.07) is 19.7. The fourth-order valence-corrected chi connectivity index (χ4v) is 4.77. The highest BCUT2D eigenvalue weighted by Gasteiger charge is 2.62. The molecule has 1 aliphatic carbocycles. The van der Waals surface area contributed by atoms with Crippen molar-refractivity contribution in [1.29, 1.82) is 0 Å². The van der Waals surface area contributed by atoms with Crippen LogP contribution in [0.1, 0.15) is 36.8 Å². The van der Waals surface area contributed by atoms with E-state index in [0.29, 0.717) is 48.6 Å². The fraction of sp³-hybridized carbons (Fsp3) is 0.208. The largest absolute Gasteiger partial charge is 0.459 e. The predicted octanol–water partition coefficient (Wildman–Crippen LogP) is 1.59. The summed E-state index contributed by atoms with van der Waals surface area (Å²) in [5, 5.41) is 0. The van der Waals surface area contributed by atoms with Crippen LogP contribution in [0.5, 0.6) is 0 Å². The molecule has 2 aromatic carbocycles. The Bertz CT molecular complexity index is 1080. The number of hydrogen-bond donors (Lipinski definition) is 1. The van der Waals surface area contributed by atoms with Crippen molar-refractivity contribution in [3.63, 3.8) is 0 Å². The molecule has 1 fully saturated rings. The molecule has 6 nitrogen and oxygen atoms in total. The summed E-state index contributed by atoms with van der Waals surface area (Å²) in [5.74, 6) is -0.179. The Kier molecular flexibility index (Phi) is 4.37. The van der Waals surface area contributed by atoms with Crippen LogP contribution >= 0.6 is 0 Å². The predicted molar refractivity (Wildman–Crippen MR) is 109 cm³/mol. The summed E-state index contributed by atoms with van der Waals surface area (Å²) in [7, 11) is 0. The average Bonchev–Trinajstić information content (AvgIpc) is 3.41. The van der Waals surface area contributed by atoms with Crippen LogP contribution < -0.4 is 4.90 Å². The zero-order chi connectivity index (χ0) is 20.7. The Balaban J connectivity index is 1.51. The van der Waals surface area contributed by atoms with E-state index in [1.165, 1.54) is 6.26 Å². The van der Waals surface area contributed by atoms with Crippen molar-refractivity contribution < 1.29 is 23.7 Å². The van der Waals surface area contributed by atoms with Gasteiger partial charge in [0.25, 0.3) is 11.4 Å². The van der Waals surface area contributed by atoms with E-state index in [9.17, 15) is 14.4 Å². The molecule has 1 N–H and O–H groups in total. The number of Topliss-reactive ketones (excluding diaryl/α,β-unsaturated/α-hetero) is 2. The van der Waals surface area contributed by atoms with Gasteiger partial charge in [-0.3, -0.25) is 14.4 Å². The van der Waals surface area contributed by atoms with Gasteiger partial charge in [-0.2, -0.15) is 0 Å². The van der Waals surface area contributed by atoms with Crippen LogP contribution in [0.15, 0.2) is 77.4 Å². The quantitative estimate of drug-likeness (QED) is 0.677. The Hall–Kier alpha value is -3.51. The first-order valence-corrected chi connectivity index (χ1v) is 10.1. The standard InChI is InChI=1S/C24H20N2O4/c27-21-18-9-4-5-10-19(18)22(28)24(21,17-7-2-1-3-8-17)26-14-12-25(13-15-26)23(29)20-11-6-16-30-20/h1-11,16H,12-15H2/p+1. The fourth-order valence-electron chi connectivity index (χ4n) is 4.77. The van der Waals surface area contributed by atoms with Crippen LogP contribution in [0.3, 0.4) is 0 Å². The van der Waals surface area contributed by atoms with Crippen molar-refractivity contribution in [3.05, 3.63) is 95.4 Å². The molecule has 2 heterocycles. The molecule has 1 aromatic heterocycles. The summed E-state index contributed by atoms with van der Waals surface area (Å²) in [4.78, 5) is 42.6. The number of quaternary nitrogens is 1. The lowest BCUT2D eigenvalue weighted by Crippen LogP contribution is -3.23. The smallest absolute Gasteiger partial charge is 0.289 e. The number of hydrogen-bond acceptors (Lipinski definition) is 4. The second kappa shape index (κ2) is 7.07. The highest BCUT2D eigenvalue weighted by molar-refractivity contribution is 6.31. The molecule has 0 spiro atoms. The Labute approximate surface area is 173 Å². The molecule has 1 saturated heterocycles. The lowest BCUT2D eigenvalue weighted by Gasteiger charge is -2.40. The van der Waals surface area contributed by atoms with E-state index in [1.54, 1.807) is 41.3 Å². The van der Waals surface area contributed by atoms with Crippen LogP contribution in [0.4, 0.5) is 0 Å². The maximum absolute atomic E-state index is 13.7. The molecule has 6 heteroatoms. The summed E-state index contributed by atoms with van der Waals surface area (Å²) in [6.07, 6.45) is 1.48. The number of ketones is 2. The number of nitrogens with one attached hydrogen (secondary N) is 1. The van der Waals surface area contributed by atoms with Crippen molar-refractivity contribution >= 4 is 17.5 Å².